The molecule has 1 saturated heterocycles. The first-order valence-electron chi connectivity index (χ1n) is 11.5. The first kappa shape index (κ1) is 26.4. The number of methoxy groups -OCH3 is 1. The first-order chi connectivity index (χ1) is 15.4. The van der Waals surface area contributed by atoms with Crippen LogP contribution in [0.1, 0.15) is 46.1 Å². The molecule has 0 radical (unpaired) electrons. The summed E-state index contributed by atoms with van der Waals surface area (Å²) >= 11 is 0. The number of hydrogen-bond acceptors (Lipinski definition) is 8. The zero-order chi connectivity index (χ0) is 24.4. The molecule has 0 spiro atoms. The Hall–Kier alpha value is -1.20. The Morgan fingerprint density at radius 1 is 1.15 bits per heavy atom. The molecular weight excluding hydrogens is 444 g/mol. The highest BCUT2D eigenvalue weighted by Gasteiger charge is 2.49. The van der Waals surface area contributed by atoms with Gasteiger partial charge in [-0.25, -0.2) is 0 Å². The number of rotatable bonds is 10. The molecule has 33 heavy (non-hydrogen) atoms. The third-order valence-electron chi connectivity index (χ3n) is 6.76. The van der Waals surface area contributed by atoms with Crippen molar-refractivity contribution in [2.24, 2.45) is 0 Å². The fourth-order valence-electron chi connectivity index (χ4n) is 3.91. The van der Waals surface area contributed by atoms with Crippen LogP contribution in [0.15, 0.2) is 18.2 Å². The highest BCUT2D eigenvalue weighted by molar-refractivity contribution is 6.74. The average molecular weight is 485 g/mol. The Morgan fingerprint density at radius 3 is 2.48 bits per heavy atom. The van der Waals surface area contributed by atoms with Crippen molar-refractivity contribution in [2.75, 3.05) is 33.9 Å². The van der Waals surface area contributed by atoms with Gasteiger partial charge >= 0.3 is 0 Å². The van der Waals surface area contributed by atoms with E-state index in [0.717, 1.165) is 5.56 Å². The molecule has 9 heteroatoms. The second kappa shape index (κ2) is 10.2. The van der Waals surface area contributed by atoms with Gasteiger partial charge in [-0.15, -0.1) is 0 Å². The van der Waals surface area contributed by atoms with Crippen molar-refractivity contribution >= 4 is 8.32 Å². The van der Waals surface area contributed by atoms with E-state index in [1.165, 1.54) is 0 Å². The van der Waals surface area contributed by atoms with Crippen molar-refractivity contribution in [1.82, 2.24) is 0 Å². The number of benzene rings is 1. The summed E-state index contributed by atoms with van der Waals surface area (Å²) < 4.78 is 41.4. The Morgan fingerprint density at radius 2 is 1.85 bits per heavy atom. The summed E-state index contributed by atoms with van der Waals surface area (Å²) in [7, 11) is -0.432. The van der Waals surface area contributed by atoms with E-state index in [9.17, 15) is 5.11 Å². The quantitative estimate of drug-likeness (QED) is 0.394. The Labute approximate surface area is 198 Å². The van der Waals surface area contributed by atoms with Crippen molar-refractivity contribution in [3.63, 3.8) is 0 Å². The van der Waals surface area contributed by atoms with E-state index in [-0.39, 0.29) is 31.3 Å². The third kappa shape index (κ3) is 6.08. The minimum Gasteiger partial charge on any atom is -0.454 e. The largest absolute Gasteiger partial charge is 0.454 e. The standard InChI is InChI=1S/C24H40O8Si/c1-23(2,3)33(7,8)30-13-20-22(32-24(4,5)31-20)21(29-14-26-6)17(12-25)16-9-10-18-19(11-16)28-15-27-18/h9-11,17,20-22,25H,12-15H2,1-8H3/t17-,20+,21+,22-/m1/s1. The Balaban J connectivity index is 1.87. The molecule has 1 fully saturated rings. The summed E-state index contributed by atoms with van der Waals surface area (Å²) in [5.74, 6) is 0.133. The molecule has 188 valence electrons. The number of aliphatic hydroxyl groups is 1. The SMILES string of the molecule is COCO[C@H]([C@@H]1OC(C)(C)O[C@H]1CO[Si](C)(C)C(C)(C)C)[C@H](CO)c1ccc2c(c1)OCO2. The van der Waals surface area contributed by atoms with E-state index in [0.29, 0.717) is 18.1 Å². The maximum atomic E-state index is 10.4. The maximum Gasteiger partial charge on any atom is 0.231 e. The molecule has 0 aromatic heterocycles. The second-order valence-corrected chi connectivity index (χ2v) is 15.5. The summed E-state index contributed by atoms with van der Waals surface area (Å²) in [5, 5.41) is 10.5. The number of aliphatic hydroxyl groups excluding tert-OH is 1. The molecule has 8 nitrogen and oxygen atoms in total. The van der Waals surface area contributed by atoms with Crippen LogP contribution < -0.4 is 9.47 Å². The summed E-state index contributed by atoms with van der Waals surface area (Å²) in [4.78, 5) is 0. The van der Waals surface area contributed by atoms with Crippen molar-refractivity contribution in [3.05, 3.63) is 23.8 Å². The minimum atomic E-state index is -2.00. The lowest BCUT2D eigenvalue weighted by atomic mass is 9.88. The lowest BCUT2D eigenvalue weighted by Gasteiger charge is -2.38. The summed E-state index contributed by atoms with van der Waals surface area (Å²) in [6.45, 7) is 15.3. The number of fused-ring (bicyclic) bond motifs is 1. The summed E-state index contributed by atoms with van der Waals surface area (Å²) in [5.41, 5.74) is 0.861. The van der Waals surface area contributed by atoms with Gasteiger partial charge in [-0.1, -0.05) is 26.8 Å². The van der Waals surface area contributed by atoms with Gasteiger partial charge in [-0.3, -0.25) is 0 Å². The predicted molar refractivity (Wildman–Crippen MR) is 126 cm³/mol. The average Bonchev–Trinajstić information content (AvgIpc) is 3.31. The van der Waals surface area contributed by atoms with Crippen LogP contribution >= 0.6 is 0 Å². The van der Waals surface area contributed by atoms with Gasteiger partial charge in [0.1, 0.15) is 19.0 Å². The molecule has 1 N–H and O–H groups in total. The molecule has 0 saturated carbocycles. The highest BCUT2D eigenvalue weighted by Crippen LogP contribution is 2.41. The highest BCUT2D eigenvalue weighted by atomic mass is 28.4. The molecular formula is C24H40O8Si. The molecule has 2 heterocycles. The third-order valence-corrected chi connectivity index (χ3v) is 11.3. The number of hydrogen-bond donors (Lipinski definition) is 1. The lowest BCUT2D eigenvalue weighted by molar-refractivity contribution is -0.175. The van der Waals surface area contributed by atoms with Gasteiger partial charge in [-0.05, 0) is 49.7 Å². The fourth-order valence-corrected chi connectivity index (χ4v) is 4.92. The van der Waals surface area contributed by atoms with E-state index in [2.05, 4.69) is 33.9 Å². The van der Waals surface area contributed by atoms with E-state index in [1.54, 1.807) is 7.11 Å². The topological polar surface area (TPSA) is 84.8 Å². The van der Waals surface area contributed by atoms with Crippen LogP contribution in [-0.4, -0.2) is 71.4 Å². The predicted octanol–water partition coefficient (Wildman–Crippen LogP) is 4.02. The van der Waals surface area contributed by atoms with E-state index in [4.69, 9.17) is 32.8 Å². The first-order valence-corrected chi connectivity index (χ1v) is 14.4. The Kier molecular flexibility index (Phi) is 8.15. The lowest BCUT2D eigenvalue weighted by Crippen LogP contribution is -2.48. The Bertz CT molecular complexity index is 791. The minimum absolute atomic E-state index is 0.0574. The smallest absolute Gasteiger partial charge is 0.231 e. The van der Waals surface area contributed by atoms with E-state index >= 15 is 0 Å². The molecule has 0 aliphatic carbocycles. The molecule has 0 bridgehead atoms. The van der Waals surface area contributed by atoms with Crippen molar-refractivity contribution < 1.29 is 38.0 Å². The molecule has 1 aromatic carbocycles. The second-order valence-electron chi connectivity index (χ2n) is 10.6. The molecule has 2 aliphatic heterocycles. The van der Waals surface area contributed by atoms with Crippen LogP contribution in [0.25, 0.3) is 0 Å². The molecule has 1 aromatic rings. The zero-order valence-electron chi connectivity index (χ0n) is 21.2. The molecule has 0 amide bonds. The maximum absolute atomic E-state index is 10.4. The normalized spacial score (nSPS) is 24.2. The van der Waals surface area contributed by atoms with Crippen molar-refractivity contribution in [2.45, 2.75) is 82.8 Å². The van der Waals surface area contributed by atoms with E-state index in [1.807, 2.05) is 32.0 Å². The van der Waals surface area contributed by atoms with Crippen LogP contribution in [0.3, 0.4) is 0 Å². The van der Waals surface area contributed by atoms with Gasteiger partial charge < -0.3 is 38.0 Å². The van der Waals surface area contributed by atoms with Crippen LogP contribution in [0, 0.1) is 0 Å². The molecule has 4 atom stereocenters. The molecule has 3 rings (SSSR count). The van der Waals surface area contributed by atoms with Gasteiger partial charge in [0, 0.05) is 13.0 Å². The van der Waals surface area contributed by atoms with Crippen LogP contribution in [-0.2, 0) is 23.4 Å². The van der Waals surface area contributed by atoms with Gasteiger partial charge in [0.2, 0.25) is 6.79 Å². The van der Waals surface area contributed by atoms with Gasteiger partial charge in [-0.2, -0.15) is 0 Å². The van der Waals surface area contributed by atoms with Gasteiger partial charge in [0.25, 0.3) is 0 Å². The molecule has 0 unspecified atom stereocenters. The fraction of sp³-hybridized carbons (Fsp3) is 0.750. The van der Waals surface area contributed by atoms with E-state index < -0.39 is 32.2 Å². The summed E-state index contributed by atoms with van der Waals surface area (Å²) in [6.07, 6.45) is -1.37. The van der Waals surface area contributed by atoms with Crippen molar-refractivity contribution in [3.8, 4) is 11.5 Å². The molecule has 2 aliphatic rings. The van der Waals surface area contributed by atoms with Crippen molar-refractivity contribution in [1.29, 1.82) is 0 Å². The van der Waals surface area contributed by atoms with Crippen LogP contribution in [0.5, 0.6) is 11.5 Å². The summed E-state index contributed by atoms with van der Waals surface area (Å²) in [6, 6.07) is 5.65. The van der Waals surface area contributed by atoms with Crippen LogP contribution in [0.4, 0.5) is 0 Å². The van der Waals surface area contributed by atoms with Gasteiger partial charge in [0.15, 0.2) is 25.6 Å². The monoisotopic (exact) mass is 484 g/mol. The van der Waals surface area contributed by atoms with Crippen LogP contribution in [0.2, 0.25) is 18.1 Å². The number of ether oxygens (including phenoxy) is 6. The van der Waals surface area contributed by atoms with Gasteiger partial charge in [0.05, 0.1) is 19.3 Å². The zero-order valence-corrected chi connectivity index (χ0v) is 22.2.